The van der Waals surface area contributed by atoms with Crippen LogP contribution >= 0.6 is 11.6 Å². The second kappa shape index (κ2) is 5.38. The second-order valence-corrected chi connectivity index (χ2v) is 5.59. The molecule has 2 nitrogen and oxygen atoms in total. The summed E-state index contributed by atoms with van der Waals surface area (Å²) in [5, 5.41) is 4.57. The highest BCUT2D eigenvalue weighted by Gasteiger charge is 2.35. The number of likely N-dealkylation sites (N-methyl/N-ethyl adjacent to an activating group) is 1. The monoisotopic (exact) mass is 252 g/mol. The van der Waals surface area contributed by atoms with E-state index in [-0.39, 0.29) is 5.54 Å². The predicted molar refractivity (Wildman–Crippen MR) is 73.5 cm³/mol. The van der Waals surface area contributed by atoms with Gasteiger partial charge in [-0.25, -0.2) is 0 Å². The van der Waals surface area contributed by atoms with Crippen LogP contribution in [0.2, 0.25) is 5.02 Å². The lowest BCUT2D eigenvalue weighted by Gasteiger charge is -2.41. The van der Waals surface area contributed by atoms with E-state index in [2.05, 4.69) is 36.4 Å². The zero-order valence-electron chi connectivity index (χ0n) is 10.7. The number of piperidine rings is 1. The zero-order chi connectivity index (χ0) is 12.3. The first-order valence-corrected chi connectivity index (χ1v) is 6.67. The van der Waals surface area contributed by atoms with Gasteiger partial charge in [0.05, 0.1) is 5.54 Å². The molecule has 0 amide bonds. The van der Waals surface area contributed by atoms with E-state index in [1.54, 1.807) is 0 Å². The van der Waals surface area contributed by atoms with Crippen molar-refractivity contribution in [3.63, 3.8) is 0 Å². The Hall–Kier alpha value is -0.570. The molecule has 3 heteroatoms. The molecule has 2 rings (SSSR count). The van der Waals surface area contributed by atoms with Crippen LogP contribution in [0, 0.1) is 0 Å². The number of hydrogen-bond donors (Lipinski definition) is 1. The minimum atomic E-state index is 0.0279. The molecule has 1 aliphatic rings. The van der Waals surface area contributed by atoms with Gasteiger partial charge in [-0.1, -0.05) is 29.8 Å². The van der Waals surface area contributed by atoms with Crippen molar-refractivity contribution in [2.24, 2.45) is 0 Å². The van der Waals surface area contributed by atoms with Gasteiger partial charge in [0.15, 0.2) is 0 Å². The molecule has 1 aromatic carbocycles. The SMILES string of the molecule is CN(C)CC1(c2ccccc2Cl)CCCCN1. The minimum absolute atomic E-state index is 0.0279. The fourth-order valence-electron chi connectivity index (χ4n) is 2.81. The van der Waals surface area contributed by atoms with Gasteiger partial charge in [-0.05, 0) is 51.5 Å². The molecule has 1 N–H and O–H groups in total. The Morgan fingerprint density at radius 1 is 1.29 bits per heavy atom. The average Bonchev–Trinajstić information content (AvgIpc) is 2.29. The first-order valence-electron chi connectivity index (χ1n) is 6.29. The van der Waals surface area contributed by atoms with Gasteiger partial charge in [-0.2, -0.15) is 0 Å². The summed E-state index contributed by atoms with van der Waals surface area (Å²) in [6.07, 6.45) is 3.70. The summed E-state index contributed by atoms with van der Waals surface area (Å²) in [4.78, 5) is 2.24. The summed E-state index contributed by atoms with van der Waals surface area (Å²) in [5.41, 5.74) is 1.27. The van der Waals surface area contributed by atoms with E-state index in [4.69, 9.17) is 11.6 Å². The molecule has 94 valence electrons. The van der Waals surface area contributed by atoms with E-state index in [0.717, 1.165) is 24.5 Å². The topological polar surface area (TPSA) is 15.3 Å². The summed E-state index contributed by atoms with van der Waals surface area (Å²) in [5.74, 6) is 0. The summed E-state index contributed by atoms with van der Waals surface area (Å²) in [7, 11) is 4.24. The number of rotatable bonds is 3. The van der Waals surface area contributed by atoms with E-state index in [1.165, 1.54) is 18.4 Å². The highest BCUT2D eigenvalue weighted by Crippen LogP contribution is 2.35. The number of hydrogen-bond acceptors (Lipinski definition) is 2. The molecule has 0 spiro atoms. The van der Waals surface area contributed by atoms with E-state index in [1.807, 2.05) is 12.1 Å². The lowest BCUT2D eigenvalue weighted by Crippen LogP contribution is -2.52. The fraction of sp³-hybridized carbons (Fsp3) is 0.571. The maximum absolute atomic E-state index is 6.37. The van der Waals surface area contributed by atoms with Gasteiger partial charge in [0, 0.05) is 11.6 Å². The summed E-state index contributed by atoms with van der Waals surface area (Å²) in [6, 6.07) is 8.22. The Morgan fingerprint density at radius 3 is 2.65 bits per heavy atom. The van der Waals surface area contributed by atoms with E-state index in [9.17, 15) is 0 Å². The predicted octanol–water partition coefficient (Wildman–Crippen LogP) is 2.87. The second-order valence-electron chi connectivity index (χ2n) is 5.18. The van der Waals surface area contributed by atoms with Crippen molar-refractivity contribution < 1.29 is 0 Å². The summed E-state index contributed by atoms with van der Waals surface area (Å²) >= 11 is 6.37. The van der Waals surface area contributed by atoms with Gasteiger partial charge in [0.2, 0.25) is 0 Å². The van der Waals surface area contributed by atoms with Crippen LogP contribution in [0.3, 0.4) is 0 Å². The molecule has 17 heavy (non-hydrogen) atoms. The normalized spacial score (nSPS) is 25.2. The standard InChI is InChI=1S/C14H21ClN2/c1-17(2)11-14(9-5-6-10-16-14)12-7-3-4-8-13(12)15/h3-4,7-8,16H,5-6,9-11H2,1-2H3. The van der Waals surface area contributed by atoms with E-state index < -0.39 is 0 Å². The lowest BCUT2D eigenvalue weighted by atomic mass is 9.82. The average molecular weight is 253 g/mol. The molecular weight excluding hydrogens is 232 g/mol. The smallest absolute Gasteiger partial charge is 0.0578 e. The number of benzene rings is 1. The van der Waals surface area contributed by atoms with Crippen molar-refractivity contribution in [3.8, 4) is 0 Å². The maximum Gasteiger partial charge on any atom is 0.0578 e. The molecule has 0 radical (unpaired) electrons. The van der Waals surface area contributed by atoms with Crippen molar-refractivity contribution in [1.82, 2.24) is 10.2 Å². The Morgan fingerprint density at radius 2 is 2.06 bits per heavy atom. The number of nitrogens with one attached hydrogen (secondary N) is 1. The third-order valence-corrected chi connectivity index (χ3v) is 3.80. The van der Waals surface area contributed by atoms with Crippen molar-refractivity contribution >= 4 is 11.6 Å². The molecule has 1 aromatic rings. The third-order valence-electron chi connectivity index (χ3n) is 3.47. The van der Waals surface area contributed by atoms with Crippen molar-refractivity contribution in [2.45, 2.75) is 24.8 Å². The van der Waals surface area contributed by atoms with Crippen LogP contribution < -0.4 is 5.32 Å². The third kappa shape index (κ3) is 2.82. The first-order chi connectivity index (χ1) is 8.14. The largest absolute Gasteiger partial charge is 0.307 e. The number of halogens is 1. The Bertz CT molecular complexity index is 370. The maximum atomic E-state index is 6.37. The molecule has 0 aliphatic carbocycles. The van der Waals surface area contributed by atoms with Crippen LogP contribution in [-0.2, 0) is 5.54 Å². The molecule has 0 aromatic heterocycles. The van der Waals surface area contributed by atoms with Crippen molar-refractivity contribution in [3.05, 3.63) is 34.9 Å². The van der Waals surface area contributed by atoms with Crippen LogP contribution in [-0.4, -0.2) is 32.1 Å². The molecule has 1 unspecified atom stereocenters. The van der Waals surface area contributed by atoms with Crippen LogP contribution in [0.4, 0.5) is 0 Å². The number of nitrogens with zero attached hydrogens (tertiary/aromatic N) is 1. The van der Waals surface area contributed by atoms with Crippen molar-refractivity contribution in [1.29, 1.82) is 0 Å². The van der Waals surface area contributed by atoms with Crippen LogP contribution in [0.25, 0.3) is 0 Å². The van der Waals surface area contributed by atoms with Gasteiger partial charge in [-0.15, -0.1) is 0 Å². The highest BCUT2D eigenvalue weighted by molar-refractivity contribution is 6.31. The van der Waals surface area contributed by atoms with E-state index in [0.29, 0.717) is 0 Å². The first kappa shape index (κ1) is 12.9. The van der Waals surface area contributed by atoms with Crippen LogP contribution in [0.15, 0.2) is 24.3 Å². The van der Waals surface area contributed by atoms with Gasteiger partial charge in [0.1, 0.15) is 0 Å². The summed E-state index contributed by atoms with van der Waals surface area (Å²) < 4.78 is 0. The van der Waals surface area contributed by atoms with Gasteiger partial charge in [0.25, 0.3) is 0 Å². The Labute approximate surface area is 109 Å². The fourth-order valence-corrected chi connectivity index (χ4v) is 3.12. The molecule has 1 heterocycles. The van der Waals surface area contributed by atoms with Crippen molar-refractivity contribution in [2.75, 3.05) is 27.2 Å². The minimum Gasteiger partial charge on any atom is -0.307 e. The molecule has 1 fully saturated rings. The summed E-state index contributed by atoms with van der Waals surface area (Å²) in [6.45, 7) is 2.08. The quantitative estimate of drug-likeness (QED) is 0.890. The highest BCUT2D eigenvalue weighted by atomic mass is 35.5. The van der Waals surface area contributed by atoms with Gasteiger partial charge < -0.3 is 10.2 Å². The van der Waals surface area contributed by atoms with Gasteiger partial charge in [-0.3, -0.25) is 0 Å². The Kier molecular flexibility index (Phi) is 4.08. The zero-order valence-corrected chi connectivity index (χ0v) is 11.4. The Balaban J connectivity index is 2.35. The van der Waals surface area contributed by atoms with Crippen LogP contribution in [0.5, 0.6) is 0 Å². The molecule has 0 bridgehead atoms. The molecule has 0 saturated carbocycles. The molecule has 1 atom stereocenters. The molecular formula is C14H21ClN2. The lowest BCUT2D eigenvalue weighted by molar-refractivity contribution is 0.190. The van der Waals surface area contributed by atoms with Crippen LogP contribution in [0.1, 0.15) is 24.8 Å². The van der Waals surface area contributed by atoms with Gasteiger partial charge >= 0.3 is 0 Å². The van der Waals surface area contributed by atoms with E-state index >= 15 is 0 Å². The molecule has 1 aliphatic heterocycles. The molecule has 1 saturated heterocycles.